The number of hydrogen-bond acceptors (Lipinski definition) is 5. The van der Waals surface area contributed by atoms with Crippen molar-refractivity contribution in [2.45, 2.75) is 32.3 Å². The molecule has 0 saturated heterocycles. The van der Waals surface area contributed by atoms with E-state index in [0.29, 0.717) is 0 Å². The summed E-state index contributed by atoms with van der Waals surface area (Å²) < 4.78 is 17.3. The van der Waals surface area contributed by atoms with Crippen molar-refractivity contribution >= 4 is 11.9 Å². The van der Waals surface area contributed by atoms with E-state index in [0.717, 1.165) is 16.7 Å². The third-order valence-electron chi connectivity index (χ3n) is 6.40. The van der Waals surface area contributed by atoms with Gasteiger partial charge in [-0.15, -0.1) is 6.58 Å². The number of hydrogen-bond donors (Lipinski definition) is 0. The summed E-state index contributed by atoms with van der Waals surface area (Å²) >= 11 is 0. The molecule has 3 aromatic rings. The molecule has 5 nitrogen and oxygen atoms in total. The molecular weight excluding hydrogens is 476 g/mol. The van der Waals surface area contributed by atoms with Gasteiger partial charge in [-0.25, -0.2) is 0 Å². The molecule has 38 heavy (non-hydrogen) atoms. The van der Waals surface area contributed by atoms with Gasteiger partial charge in [0.1, 0.15) is 5.60 Å². The van der Waals surface area contributed by atoms with Crippen LogP contribution in [-0.4, -0.2) is 31.8 Å². The smallest absolute Gasteiger partial charge is 0.324 e. The highest BCUT2D eigenvalue weighted by Gasteiger charge is 2.47. The summed E-state index contributed by atoms with van der Waals surface area (Å²) in [4.78, 5) is 25.8. The van der Waals surface area contributed by atoms with E-state index in [9.17, 15) is 9.59 Å². The maximum Gasteiger partial charge on any atom is 0.324 e. The Bertz CT molecular complexity index is 1070. The molecule has 0 aliphatic rings. The third kappa shape index (κ3) is 6.29. The van der Waals surface area contributed by atoms with E-state index in [4.69, 9.17) is 14.2 Å². The quantitative estimate of drug-likeness (QED) is 0.105. The van der Waals surface area contributed by atoms with Gasteiger partial charge >= 0.3 is 11.9 Å². The highest BCUT2D eigenvalue weighted by atomic mass is 16.6. The first-order valence-corrected chi connectivity index (χ1v) is 13.0. The van der Waals surface area contributed by atoms with Crippen molar-refractivity contribution in [1.82, 2.24) is 0 Å². The Morgan fingerprint density at radius 1 is 0.684 bits per heavy atom. The molecule has 0 radical (unpaired) electrons. The summed E-state index contributed by atoms with van der Waals surface area (Å²) in [5.41, 5.74) is 0.619. The fourth-order valence-corrected chi connectivity index (χ4v) is 4.58. The normalized spacial score (nSPS) is 11.7. The molecule has 198 valence electrons. The molecule has 0 N–H and O–H groups in total. The molecule has 0 saturated carbocycles. The van der Waals surface area contributed by atoms with Gasteiger partial charge in [0.05, 0.1) is 19.8 Å². The van der Waals surface area contributed by atoms with Gasteiger partial charge in [0.2, 0.25) is 0 Å². The molecule has 0 heterocycles. The largest absolute Gasteiger partial charge is 0.465 e. The Hall–Kier alpha value is -3.96. The zero-order valence-electron chi connectivity index (χ0n) is 22.2. The zero-order valence-corrected chi connectivity index (χ0v) is 22.2. The van der Waals surface area contributed by atoms with Gasteiger partial charge in [0.15, 0.2) is 5.41 Å². The topological polar surface area (TPSA) is 61.8 Å². The molecule has 0 spiro atoms. The molecule has 0 aliphatic heterocycles. The highest BCUT2D eigenvalue weighted by molar-refractivity contribution is 6.00. The summed E-state index contributed by atoms with van der Waals surface area (Å²) in [5, 5.41) is 0. The second-order valence-corrected chi connectivity index (χ2v) is 8.78. The second kappa shape index (κ2) is 14.1. The predicted octanol–water partition coefficient (Wildman–Crippen LogP) is 6.63. The third-order valence-corrected chi connectivity index (χ3v) is 6.40. The minimum absolute atomic E-state index is 0.106. The Kier molecular flexibility index (Phi) is 10.6. The van der Waals surface area contributed by atoms with E-state index in [1.807, 2.05) is 60.7 Å². The van der Waals surface area contributed by atoms with Crippen LogP contribution in [0.5, 0.6) is 0 Å². The SMILES string of the molecule is C=CCC(C/C=C\COC(c1ccccc1)(c1ccccc1)c1ccccc1)(C(=O)OCC)C(=O)OCC. The molecule has 0 unspecified atom stereocenters. The molecule has 0 amide bonds. The lowest BCUT2D eigenvalue weighted by atomic mass is 9.80. The van der Waals surface area contributed by atoms with Gasteiger partial charge in [-0.1, -0.05) is 109 Å². The Morgan fingerprint density at radius 2 is 1.11 bits per heavy atom. The van der Waals surface area contributed by atoms with E-state index < -0.39 is 23.0 Å². The first-order chi connectivity index (χ1) is 18.5. The minimum atomic E-state index is -1.49. The summed E-state index contributed by atoms with van der Waals surface area (Å²) in [6.07, 6.45) is 5.37. The lowest BCUT2D eigenvalue weighted by molar-refractivity contribution is -0.171. The van der Waals surface area contributed by atoms with Crippen molar-refractivity contribution in [2.24, 2.45) is 5.41 Å². The molecule has 3 aromatic carbocycles. The van der Waals surface area contributed by atoms with Crippen LogP contribution in [0.25, 0.3) is 0 Å². The van der Waals surface area contributed by atoms with Crippen LogP contribution in [0, 0.1) is 5.41 Å². The van der Waals surface area contributed by atoms with Crippen LogP contribution in [0.1, 0.15) is 43.4 Å². The fourth-order valence-electron chi connectivity index (χ4n) is 4.58. The standard InChI is InChI=1S/C33H36O5/c1-4-24-32(30(34)36-5-2,31(35)37-6-3)25-16-17-26-38-33(27-18-10-7-11-19-27,28-20-12-8-13-21-28)29-22-14-9-15-23-29/h4,7-23H,1,5-6,24-26H2,2-3H3/b17-16-. The number of ether oxygens (including phenoxy) is 3. The summed E-state index contributed by atoms with van der Waals surface area (Å²) in [5.74, 6) is -1.23. The number of benzene rings is 3. The van der Waals surface area contributed by atoms with Gasteiger partial charge in [-0.2, -0.15) is 0 Å². The van der Waals surface area contributed by atoms with Crippen molar-refractivity contribution in [3.8, 4) is 0 Å². The second-order valence-electron chi connectivity index (χ2n) is 8.78. The van der Waals surface area contributed by atoms with Crippen molar-refractivity contribution in [1.29, 1.82) is 0 Å². The highest BCUT2D eigenvalue weighted by Crippen LogP contribution is 2.40. The van der Waals surface area contributed by atoms with Crippen LogP contribution in [0.3, 0.4) is 0 Å². The maximum absolute atomic E-state index is 12.9. The van der Waals surface area contributed by atoms with Crippen LogP contribution >= 0.6 is 0 Å². The summed E-state index contributed by atoms with van der Waals surface area (Å²) in [6.45, 7) is 7.72. The minimum Gasteiger partial charge on any atom is -0.465 e. The lowest BCUT2D eigenvalue weighted by Crippen LogP contribution is -2.41. The number of rotatable bonds is 14. The molecule has 5 heteroatoms. The van der Waals surface area contributed by atoms with Gasteiger partial charge < -0.3 is 14.2 Å². The molecule has 0 aliphatic carbocycles. The average molecular weight is 513 g/mol. The average Bonchev–Trinajstić information content (AvgIpc) is 2.96. The Labute approximate surface area is 225 Å². The van der Waals surface area contributed by atoms with Crippen LogP contribution in [0.2, 0.25) is 0 Å². The van der Waals surface area contributed by atoms with Crippen LogP contribution in [0.15, 0.2) is 116 Å². The monoisotopic (exact) mass is 512 g/mol. The number of esters is 2. The van der Waals surface area contributed by atoms with E-state index in [-0.39, 0.29) is 32.7 Å². The molecule has 0 fully saturated rings. The number of carbonyl (C=O) groups excluding carboxylic acids is 2. The van der Waals surface area contributed by atoms with Gasteiger partial charge in [0, 0.05) is 0 Å². The molecular formula is C33H36O5. The summed E-state index contributed by atoms with van der Waals surface area (Å²) in [7, 11) is 0. The zero-order chi connectivity index (χ0) is 27.3. The molecule has 0 aromatic heterocycles. The fraction of sp³-hybridized carbons (Fsp3) is 0.273. The maximum atomic E-state index is 12.9. The molecule has 0 bridgehead atoms. The first-order valence-electron chi connectivity index (χ1n) is 13.0. The van der Waals surface area contributed by atoms with E-state index >= 15 is 0 Å². The Morgan fingerprint density at radius 3 is 1.47 bits per heavy atom. The molecule has 0 atom stereocenters. The van der Waals surface area contributed by atoms with Crippen molar-refractivity contribution < 1.29 is 23.8 Å². The van der Waals surface area contributed by atoms with Crippen molar-refractivity contribution in [3.05, 3.63) is 132 Å². The van der Waals surface area contributed by atoms with Crippen LogP contribution in [0.4, 0.5) is 0 Å². The van der Waals surface area contributed by atoms with E-state index in [2.05, 4.69) is 43.0 Å². The van der Waals surface area contributed by atoms with Crippen LogP contribution in [-0.2, 0) is 29.4 Å². The van der Waals surface area contributed by atoms with Gasteiger partial charge in [-0.05, 0) is 43.4 Å². The number of allylic oxidation sites excluding steroid dienone is 2. The van der Waals surface area contributed by atoms with Crippen LogP contribution < -0.4 is 0 Å². The van der Waals surface area contributed by atoms with Crippen molar-refractivity contribution in [2.75, 3.05) is 19.8 Å². The molecule has 3 rings (SSSR count). The number of carbonyl (C=O) groups is 2. The van der Waals surface area contributed by atoms with E-state index in [1.54, 1.807) is 26.0 Å². The summed E-state index contributed by atoms with van der Waals surface area (Å²) in [6, 6.07) is 30.3. The predicted molar refractivity (Wildman–Crippen MR) is 149 cm³/mol. The van der Waals surface area contributed by atoms with Gasteiger partial charge in [0.25, 0.3) is 0 Å². The van der Waals surface area contributed by atoms with Crippen molar-refractivity contribution in [3.63, 3.8) is 0 Å². The lowest BCUT2D eigenvalue weighted by Gasteiger charge is -2.35. The first kappa shape index (κ1) is 28.6. The van der Waals surface area contributed by atoms with E-state index in [1.165, 1.54) is 0 Å². The Balaban J connectivity index is 1.96. The van der Waals surface area contributed by atoms with Gasteiger partial charge in [-0.3, -0.25) is 9.59 Å².